The Hall–Kier alpha value is -4.56. The number of hydrogen-bond acceptors (Lipinski definition) is 4. The van der Waals surface area contributed by atoms with Crippen molar-refractivity contribution in [3.63, 3.8) is 0 Å². The largest absolute Gasteiger partial charge is 0.357 e. The molecule has 5 rings (SSSR count). The summed E-state index contributed by atoms with van der Waals surface area (Å²) < 4.78 is 13.4. The Labute approximate surface area is 245 Å². The number of hydrogen-bond donors (Lipinski definition) is 2. The molecule has 4 aromatic rings. The number of nitrogens with two attached hydrogens (primary N) is 1. The third-order valence-electron chi connectivity index (χ3n) is 7.94. The van der Waals surface area contributed by atoms with Crippen LogP contribution in [-0.4, -0.2) is 65.8 Å². The number of nitrogens with zero attached hydrogens (tertiary/aromatic N) is 2. The molecule has 0 aromatic heterocycles. The van der Waals surface area contributed by atoms with Crippen molar-refractivity contribution in [2.24, 2.45) is 5.73 Å². The molecule has 4 aromatic carbocycles. The summed E-state index contributed by atoms with van der Waals surface area (Å²) in [5, 5.41) is 4.89. The van der Waals surface area contributed by atoms with E-state index in [1.54, 1.807) is 29.0 Å². The van der Waals surface area contributed by atoms with Gasteiger partial charge in [0.25, 0.3) is 0 Å². The van der Waals surface area contributed by atoms with Crippen molar-refractivity contribution >= 4 is 28.5 Å². The molecule has 0 spiro atoms. The molecule has 1 heterocycles. The van der Waals surface area contributed by atoms with E-state index in [9.17, 15) is 18.8 Å². The lowest BCUT2D eigenvalue weighted by molar-refractivity contribution is -0.156. The summed E-state index contributed by atoms with van der Waals surface area (Å²) in [5.74, 6) is -1.26. The highest BCUT2D eigenvalue weighted by atomic mass is 19.1. The first-order valence-corrected chi connectivity index (χ1v) is 14.2. The summed E-state index contributed by atoms with van der Waals surface area (Å²) in [6.07, 6.45) is 0.850. The molecule has 1 aliphatic heterocycles. The van der Waals surface area contributed by atoms with E-state index in [2.05, 4.69) is 5.32 Å². The fourth-order valence-electron chi connectivity index (χ4n) is 5.69. The van der Waals surface area contributed by atoms with Gasteiger partial charge in [0, 0.05) is 33.0 Å². The summed E-state index contributed by atoms with van der Waals surface area (Å²) in [4.78, 5) is 44.2. The number of piperazine rings is 1. The second-order valence-electron chi connectivity index (χ2n) is 10.7. The maximum atomic E-state index is 14.2. The third kappa shape index (κ3) is 6.50. The molecular weight excluding hydrogens is 531 g/mol. The summed E-state index contributed by atoms with van der Waals surface area (Å²) in [6, 6.07) is 27.0. The van der Waals surface area contributed by atoms with Gasteiger partial charge >= 0.3 is 0 Å². The standard InChI is InChI=1S/C34H35FN4O3/c1-37-32(40)30(22-25-11-14-26-9-5-6-10-27(26)19-25)38-17-18-39(31(34(38)42)21-23-7-3-2-4-8-23)33(41)29(36)20-24-12-15-28(35)16-13-24/h2-16,19,29-31H,17-18,20-22,36H2,1H3,(H,37,40)/t29-,30+,31+/m1/s1. The molecule has 0 saturated carbocycles. The molecule has 42 heavy (non-hydrogen) atoms. The number of benzene rings is 4. The first-order chi connectivity index (χ1) is 20.3. The van der Waals surface area contributed by atoms with Gasteiger partial charge in [0.15, 0.2) is 0 Å². The van der Waals surface area contributed by atoms with Crippen LogP contribution in [0.5, 0.6) is 0 Å². The van der Waals surface area contributed by atoms with E-state index in [0.29, 0.717) is 12.8 Å². The Morgan fingerprint density at radius 3 is 2.24 bits per heavy atom. The predicted molar refractivity (Wildman–Crippen MR) is 161 cm³/mol. The molecule has 0 radical (unpaired) electrons. The van der Waals surface area contributed by atoms with Crippen molar-refractivity contribution in [3.05, 3.63) is 120 Å². The van der Waals surface area contributed by atoms with Gasteiger partial charge in [-0.15, -0.1) is 0 Å². The van der Waals surface area contributed by atoms with Crippen LogP contribution < -0.4 is 11.1 Å². The molecule has 7 nitrogen and oxygen atoms in total. The quantitative estimate of drug-likeness (QED) is 0.324. The van der Waals surface area contributed by atoms with Crippen LogP contribution in [0.3, 0.4) is 0 Å². The van der Waals surface area contributed by atoms with E-state index in [4.69, 9.17) is 5.73 Å². The third-order valence-corrected chi connectivity index (χ3v) is 7.94. The summed E-state index contributed by atoms with van der Waals surface area (Å²) in [5.41, 5.74) is 8.93. The van der Waals surface area contributed by atoms with Gasteiger partial charge in [-0.1, -0.05) is 84.9 Å². The predicted octanol–water partition coefficient (Wildman–Crippen LogP) is 3.49. The van der Waals surface area contributed by atoms with E-state index in [1.165, 1.54) is 12.1 Å². The molecule has 0 bridgehead atoms. The zero-order valence-corrected chi connectivity index (χ0v) is 23.6. The Morgan fingerprint density at radius 1 is 0.857 bits per heavy atom. The lowest BCUT2D eigenvalue weighted by Gasteiger charge is -2.44. The van der Waals surface area contributed by atoms with Crippen molar-refractivity contribution < 1.29 is 18.8 Å². The molecule has 1 fully saturated rings. The number of carbonyl (C=O) groups excluding carboxylic acids is 3. The minimum absolute atomic E-state index is 0.199. The van der Waals surface area contributed by atoms with Gasteiger partial charge in [0.05, 0.1) is 6.04 Å². The molecular formula is C34H35FN4O3. The number of likely N-dealkylation sites (N-methyl/N-ethyl adjacent to an activating group) is 1. The van der Waals surface area contributed by atoms with Gasteiger partial charge in [-0.2, -0.15) is 0 Å². The molecule has 3 atom stereocenters. The highest BCUT2D eigenvalue weighted by Crippen LogP contribution is 2.23. The van der Waals surface area contributed by atoms with Gasteiger partial charge in [-0.25, -0.2) is 4.39 Å². The van der Waals surface area contributed by atoms with Crippen LogP contribution in [0.1, 0.15) is 16.7 Å². The molecule has 3 N–H and O–H groups in total. The highest BCUT2D eigenvalue weighted by molar-refractivity contribution is 5.94. The van der Waals surface area contributed by atoms with E-state index < -0.39 is 18.1 Å². The molecule has 216 valence electrons. The van der Waals surface area contributed by atoms with Crippen molar-refractivity contribution in [1.29, 1.82) is 0 Å². The van der Waals surface area contributed by atoms with Crippen molar-refractivity contribution in [2.45, 2.75) is 37.4 Å². The maximum absolute atomic E-state index is 14.2. The molecule has 1 saturated heterocycles. The van der Waals surface area contributed by atoms with E-state index in [0.717, 1.165) is 27.5 Å². The van der Waals surface area contributed by atoms with E-state index >= 15 is 0 Å². The number of rotatable bonds is 9. The lowest BCUT2D eigenvalue weighted by Crippen LogP contribution is -2.65. The molecule has 1 aliphatic rings. The fourth-order valence-corrected chi connectivity index (χ4v) is 5.69. The Bertz CT molecular complexity index is 1560. The van der Waals surface area contributed by atoms with Gasteiger partial charge in [0.1, 0.15) is 17.9 Å². The zero-order valence-electron chi connectivity index (χ0n) is 23.6. The molecule has 0 aliphatic carbocycles. The van der Waals surface area contributed by atoms with Crippen molar-refractivity contribution in [3.8, 4) is 0 Å². The monoisotopic (exact) mass is 566 g/mol. The number of fused-ring (bicyclic) bond motifs is 1. The first-order valence-electron chi connectivity index (χ1n) is 14.2. The molecule has 3 amide bonds. The second kappa shape index (κ2) is 13.0. The van der Waals surface area contributed by atoms with Crippen molar-refractivity contribution in [1.82, 2.24) is 15.1 Å². The summed E-state index contributed by atoms with van der Waals surface area (Å²) in [6.45, 7) is 0.440. The smallest absolute Gasteiger partial charge is 0.246 e. The Kier molecular flexibility index (Phi) is 8.93. The average molecular weight is 567 g/mol. The van der Waals surface area contributed by atoms with Gasteiger partial charge in [0.2, 0.25) is 17.7 Å². The fraction of sp³-hybridized carbons (Fsp3) is 0.265. The van der Waals surface area contributed by atoms with E-state index in [-0.39, 0.29) is 43.0 Å². The van der Waals surface area contributed by atoms with Crippen molar-refractivity contribution in [2.75, 3.05) is 20.1 Å². The normalized spacial score (nSPS) is 16.7. The number of amides is 3. The van der Waals surface area contributed by atoms with Gasteiger partial charge in [-0.3, -0.25) is 14.4 Å². The summed E-state index contributed by atoms with van der Waals surface area (Å²) >= 11 is 0. The topological polar surface area (TPSA) is 95.7 Å². The van der Waals surface area contributed by atoms with Gasteiger partial charge < -0.3 is 20.9 Å². The highest BCUT2D eigenvalue weighted by Gasteiger charge is 2.42. The second-order valence-corrected chi connectivity index (χ2v) is 10.7. The minimum Gasteiger partial charge on any atom is -0.357 e. The maximum Gasteiger partial charge on any atom is 0.246 e. The number of nitrogens with one attached hydrogen (secondary N) is 1. The van der Waals surface area contributed by atoms with Crippen LogP contribution in [0.2, 0.25) is 0 Å². The lowest BCUT2D eigenvalue weighted by atomic mass is 9.95. The molecule has 0 unspecified atom stereocenters. The Morgan fingerprint density at radius 2 is 1.52 bits per heavy atom. The van der Waals surface area contributed by atoms with Crippen LogP contribution in [0.25, 0.3) is 10.8 Å². The Balaban J connectivity index is 1.41. The van der Waals surface area contributed by atoms with Gasteiger partial charge in [-0.05, 0) is 46.0 Å². The van der Waals surface area contributed by atoms with Crippen LogP contribution in [-0.2, 0) is 33.6 Å². The van der Waals surface area contributed by atoms with E-state index in [1.807, 2.05) is 72.8 Å². The van der Waals surface area contributed by atoms with Crippen LogP contribution in [0.4, 0.5) is 4.39 Å². The summed E-state index contributed by atoms with van der Waals surface area (Å²) in [7, 11) is 1.57. The first kappa shape index (κ1) is 29.0. The average Bonchev–Trinajstić information content (AvgIpc) is 3.02. The number of carbonyl (C=O) groups is 3. The van der Waals surface area contributed by atoms with Crippen LogP contribution >= 0.6 is 0 Å². The number of halogens is 1. The van der Waals surface area contributed by atoms with Crippen LogP contribution in [0.15, 0.2) is 97.1 Å². The SMILES string of the molecule is CNC(=O)[C@H](Cc1ccc2ccccc2c1)N1CCN(C(=O)[C@H](N)Cc2ccc(F)cc2)[C@@H](Cc2ccccc2)C1=O. The van der Waals surface area contributed by atoms with Crippen LogP contribution in [0, 0.1) is 5.82 Å². The zero-order chi connectivity index (χ0) is 29.6. The molecule has 8 heteroatoms. The minimum atomic E-state index is -0.902.